The van der Waals surface area contributed by atoms with Gasteiger partial charge in [-0.05, 0) is 34.0 Å². The van der Waals surface area contributed by atoms with E-state index in [2.05, 4.69) is 15.9 Å². The van der Waals surface area contributed by atoms with E-state index >= 15 is 0 Å². The normalized spacial score (nSPS) is 11.3. The van der Waals surface area contributed by atoms with E-state index < -0.39 is 17.6 Å². The Labute approximate surface area is 119 Å². The number of carboxylic acids is 1. The monoisotopic (exact) mass is 335 g/mol. The lowest BCUT2D eigenvalue weighted by Crippen LogP contribution is -2.33. The van der Waals surface area contributed by atoms with Crippen molar-refractivity contribution in [3.05, 3.63) is 33.8 Å². The van der Waals surface area contributed by atoms with Gasteiger partial charge in [0.1, 0.15) is 11.6 Å². The summed E-state index contributed by atoms with van der Waals surface area (Å²) in [6.45, 7) is 3.98. The maximum Gasteiger partial charge on any atom is 0.317 e. The van der Waals surface area contributed by atoms with E-state index in [1.807, 2.05) is 13.8 Å². The molecule has 0 heterocycles. The van der Waals surface area contributed by atoms with Crippen molar-refractivity contribution in [1.82, 2.24) is 4.90 Å². The summed E-state index contributed by atoms with van der Waals surface area (Å²) in [7, 11) is 0. The van der Waals surface area contributed by atoms with E-state index in [9.17, 15) is 13.6 Å². The lowest BCUT2D eigenvalue weighted by atomic mass is 10.1. The highest BCUT2D eigenvalue weighted by molar-refractivity contribution is 9.10. The van der Waals surface area contributed by atoms with Crippen molar-refractivity contribution in [2.45, 2.75) is 20.4 Å². The van der Waals surface area contributed by atoms with Gasteiger partial charge < -0.3 is 5.11 Å². The van der Waals surface area contributed by atoms with Crippen LogP contribution in [0.3, 0.4) is 0 Å². The minimum atomic E-state index is -1.02. The van der Waals surface area contributed by atoms with Crippen LogP contribution in [0.1, 0.15) is 19.4 Å². The first-order valence-corrected chi connectivity index (χ1v) is 6.67. The molecule has 1 aromatic rings. The van der Waals surface area contributed by atoms with E-state index in [-0.39, 0.29) is 29.0 Å². The van der Waals surface area contributed by atoms with Gasteiger partial charge in [0, 0.05) is 18.7 Å². The van der Waals surface area contributed by atoms with E-state index in [1.165, 1.54) is 11.0 Å². The third kappa shape index (κ3) is 4.87. The molecule has 0 radical (unpaired) electrons. The highest BCUT2D eigenvalue weighted by atomic mass is 79.9. The van der Waals surface area contributed by atoms with Crippen molar-refractivity contribution in [1.29, 1.82) is 0 Å². The highest BCUT2D eigenvalue weighted by Gasteiger charge is 2.18. The van der Waals surface area contributed by atoms with Gasteiger partial charge in [0.05, 0.1) is 11.0 Å². The van der Waals surface area contributed by atoms with Gasteiger partial charge in [-0.2, -0.15) is 0 Å². The molecular weight excluding hydrogens is 320 g/mol. The molecule has 19 heavy (non-hydrogen) atoms. The average molecular weight is 336 g/mol. The van der Waals surface area contributed by atoms with Crippen LogP contribution in [0.4, 0.5) is 8.78 Å². The van der Waals surface area contributed by atoms with E-state index in [0.717, 1.165) is 6.07 Å². The predicted molar refractivity (Wildman–Crippen MR) is 71.8 cm³/mol. The summed E-state index contributed by atoms with van der Waals surface area (Å²) in [5, 5.41) is 8.83. The van der Waals surface area contributed by atoms with Crippen LogP contribution in [0.2, 0.25) is 0 Å². The SMILES string of the molecule is CC(C)CN(CC(=O)O)Cc1c(F)ccc(Br)c1F. The molecular formula is C13H16BrF2NO2. The van der Waals surface area contributed by atoms with Gasteiger partial charge >= 0.3 is 5.97 Å². The standard InChI is InChI=1S/C13H16BrF2NO2/c1-8(2)5-17(7-12(18)19)6-9-11(15)4-3-10(14)13(9)16/h3-4,8H,5-7H2,1-2H3,(H,18,19). The van der Waals surface area contributed by atoms with Gasteiger partial charge in [-0.3, -0.25) is 9.69 Å². The second-order valence-electron chi connectivity index (χ2n) is 4.78. The van der Waals surface area contributed by atoms with Crippen molar-refractivity contribution in [3.63, 3.8) is 0 Å². The summed E-state index contributed by atoms with van der Waals surface area (Å²) in [4.78, 5) is 12.3. The number of rotatable bonds is 6. The third-order valence-corrected chi connectivity index (χ3v) is 3.12. The second-order valence-corrected chi connectivity index (χ2v) is 5.63. The number of hydrogen-bond acceptors (Lipinski definition) is 2. The van der Waals surface area contributed by atoms with Crippen molar-refractivity contribution in [2.24, 2.45) is 5.92 Å². The molecule has 1 aromatic carbocycles. The number of aliphatic carboxylic acids is 1. The maximum absolute atomic E-state index is 13.8. The minimum Gasteiger partial charge on any atom is -0.480 e. The van der Waals surface area contributed by atoms with Crippen molar-refractivity contribution in [2.75, 3.05) is 13.1 Å². The van der Waals surface area contributed by atoms with E-state index in [0.29, 0.717) is 6.54 Å². The van der Waals surface area contributed by atoms with Crippen LogP contribution < -0.4 is 0 Å². The molecule has 1 N–H and O–H groups in total. The Balaban J connectivity index is 2.95. The molecule has 3 nitrogen and oxygen atoms in total. The third-order valence-electron chi connectivity index (χ3n) is 2.50. The van der Waals surface area contributed by atoms with Crippen LogP contribution in [0.25, 0.3) is 0 Å². The zero-order valence-electron chi connectivity index (χ0n) is 10.8. The Morgan fingerprint density at radius 3 is 2.58 bits per heavy atom. The van der Waals surface area contributed by atoms with Gasteiger partial charge in [-0.1, -0.05) is 13.8 Å². The van der Waals surface area contributed by atoms with Crippen molar-refractivity contribution >= 4 is 21.9 Å². The fourth-order valence-corrected chi connectivity index (χ4v) is 2.20. The molecule has 106 valence electrons. The van der Waals surface area contributed by atoms with Crippen LogP contribution in [-0.2, 0) is 11.3 Å². The summed E-state index contributed by atoms with van der Waals surface area (Å²) in [5.74, 6) is -2.16. The lowest BCUT2D eigenvalue weighted by molar-refractivity contribution is -0.138. The first-order chi connectivity index (χ1) is 8.81. The number of benzene rings is 1. The molecule has 0 aliphatic heterocycles. The zero-order valence-corrected chi connectivity index (χ0v) is 12.4. The van der Waals surface area contributed by atoms with Gasteiger partial charge in [-0.15, -0.1) is 0 Å². The Morgan fingerprint density at radius 1 is 1.42 bits per heavy atom. The number of hydrogen-bond donors (Lipinski definition) is 1. The quantitative estimate of drug-likeness (QED) is 0.811. The van der Waals surface area contributed by atoms with Crippen LogP contribution in [-0.4, -0.2) is 29.1 Å². The van der Waals surface area contributed by atoms with Gasteiger partial charge in [0.15, 0.2) is 0 Å². The fraction of sp³-hybridized carbons (Fsp3) is 0.462. The molecule has 0 aromatic heterocycles. The number of halogens is 3. The summed E-state index contributed by atoms with van der Waals surface area (Å²) < 4.78 is 27.6. The fourth-order valence-electron chi connectivity index (χ4n) is 1.83. The largest absolute Gasteiger partial charge is 0.480 e. The Bertz CT molecular complexity index is 466. The average Bonchev–Trinajstić information content (AvgIpc) is 2.28. The van der Waals surface area contributed by atoms with Crippen molar-refractivity contribution < 1.29 is 18.7 Å². The molecule has 0 unspecified atom stereocenters. The van der Waals surface area contributed by atoms with Crippen LogP contribution in [0, 0.1) is 17.6 Å². The Kier molecular flexibility index (Phi) is 5.87. The smallest absolute Gasteiger partial charge is 0.317 e. The lowest BCUT2D eigenvalue weighted by Gasteiger charge is -2.23. The molecule has 6 heteroatoms. The molecule has 1 rings (SSSR count). The summed E-state index contributed by atoms with van der Waals surface area (Å²) in [6, 6.07) is 2.45. The first kappa shape index (κ1) is 16.0. The molecule has 0 spiro atoms. The van der Waals surface area contributed by atoms with E-state index in [4.69, 9.17) is 5.11 Å². The minimum absolute atomic E-state index is 0.0679. The van der Waals surface area contributed by atoms with Gasteiger partial charge in [0.2, 0.25) is 0 Å². The molecule has 0 aliphatic rings. The highest BCUT2D eigenvalue weighted by Crippen LogP contribution is 2.23. The number of nitrogens with zero attached hydrogens (tertiary/aromatic N) is 1. The number of carboxylic acid groups (broad SMARTS) is 1. The van der Waals surface area contributed by atoms with E-state index in [1.54, 1.807) is 0 Å². The zero-order chi connectivity index (χ0) is 14.6. The molecule has 0 saturated carbocycles. The molecule has 0 fully saturated rings. The number of carbonyl (C=O) groups is 1. The molecule has 0 saturated heterocycles. The molecule has 0 atom stereocenters. The van der Waals surface area contributed by atoms with Gasteiger partial charge in [-0.25, -0.2) is 8.78 Å². The van der Waals surface area contributed by atoms with Gasteiger partial charge in [0.25, 0.3) is 0 Å². The predicted octanol–water partition coefficient (Wildman–Crippen LogP) is 3.27. The summed E-state index contributed by atoms with van der Waals surface area (Å²) >= 11 is 3.00. The van der Waals surface area contributed by atoms with Crippen LogP contribution >= 0.6 is 15.9 Å². The van der Waals surface area contributed by atoms with Crippen LogP contribution in [0.5, 0.6) is 0 Å². The molecule has 0 aliphatic carbocycles. The maximum atomic E-state index is 13.8. The van der Waals surface area contributed by atoms with Crippen LogP contribution in [0.15, 0.2) is 16.6 Å². The molecule has 0 amide bonds. The Morgan fingerprint density at radius 2 is 2.05 bits per heavy atom. The summed E-state index contributed by atoms with van der Waals surface area (Å²) in [5.41, 5.74) is -0.115. The molecule has 0 bridgehead atoms. The second kappa shape index (κ2) is 6.96. The summed E-state index contributed by atoms with van der Waals surface area (Å²) in [6.07, 6.45) is 0. The Hall–Kier alpha value is -1.01. The van der Waals surface area contributed by atoms with Crippen molar-refractivity contribution in [3.8, 4) is 0 Å². The topological polar surface area (TPSA) is 40.5 Å². The first-order valence-electron chi connectivity index (χ1n) is 5.87.